The van der Waals surface area contributed by atoms with Gasteiger partial charge in [-0.25, -0.2) is 0 Å². The van der Waals surface area contributed by atoms with E-state index in [9.17, 15) is 24.6 Å². The number of aromatic nitrogens is 1. The number of carbonyl (C=O) groups is 2. The zero-order chi connectivity index (χ0) is 37.5. The normalized spacial score (nSPS) is 21.1. The van der Waals surface area contributed by atoms with E-state index in [0.29, 0.717) is 67.0 Å². The highest BCUT2D eigenvalue weighted by Gasteiger charge is 2.47. The minimum absolute atomic E-state index is 0.0253. The number of aromatic amines is 1. The Bertz CT molecular complexity index is 1930. The summed E-state index contributed by atoms with van der Waals surface area (Å²) in [7, 11) is 0. The summed E-state index contributed by atoms with van der Waals surface area (Å²) in [6, 6.07) is 23.5. The first-order chi connectivity index (χ1) is 26.3. The Hall–Kier alpha value is -4.71. The second-order valence-electron chi connectivity index (χ2n) is 15.1. The van der Waals surface area contributed by atoms with E-state index in [1.165, 1.54) is 12.1 Å². The molecule has 2 unspecified atom stereocenters. The molecular weight excluding hydrogens is 684 g/mol. The van der Waals surface area contributed by atoms with E-state index in [2.05, 4.69) is 15.2 Å². The Labute approximate surface area is 316 Å². The highest BCUT2D eigenvalue weighted by atomic mass is 16.5. The van der Waals surface area contributed by atoms with Crippen LogP contribution in [0.4, 0.5) is 0 Å². The lowest BCUT2D eigenvalue weighted by Crippen LogP contribution is -2.55. The second-order valence-corrected chi connectivity index (χ2v) is 15.1. The van der Waals surface area contributed by atoms with Crippen molar-refractivity contribution in [3.8, 4) is 11.5 Å². The van der Waals surface area contributed by atoms with Gasteiger partial charge in [-0.15, -0.1) is 0 Å². The van der Waals surface area contributed by atoms with Gasteiger partial charge in [-0.2, -0.15) is 0 Å². The van der Waals surface area contributed by atoms with Crippen molar-refractivity contribution in [3.05, 3.63) is 106 Å². The number of nitrogens with zero attached hydrogens (tertiary/aromatic N) is 2. The average molecular weight is 737 g/mol. The number of rotatable bonds is 15. The van der Waals surface area contributed by atoms with E-state index >= 15 is 0 Å². The maximum atomic E-state index is 14.0. The molecular formula is C43H52N4O7. The van der Waals surface area contributed by atoms with E-state index in [-0.39, 0.29) is 29.3 Å². The van der Waals surface area contributed by atoms with Crippen molar-refractivity contribution in [2.45, 2.75) is 69.0 Å². The van der Waals surface area contributed by atoms with Gasteiger partial charge in [0.15, 0.2) is 0 Å². The molecule has 4 N–H and O–H groups in total. The lowest BCUT2D eigenvalue weighted by molar-refractivity contribution is -0.167. The number of carbonyl (C=O) groups excluding carboxylic acids is 2. The van der Waals surface area contributed by atoms with Crippen LogP contribution in [-0.2, 0) is 14.9 Å². The van der Waals surface area contributed by atoms with Crippen LogP contribution in [0.1, 0.15) is 79.0 Å². The van der Waals surface area contributed by atoms with E-state index in [1.54, 1.807) is 12.1 Å². The van der Waals surface area contributed by atoms with Crippen LogP contribution >= 0.6 is 0 Å². The number of unbranched alkanes of at least 4 members (excludes halogenated alkanes) is 3. The second kappa shape index (κ2) is 17.2. The summed E-state index contributed by atoms with van der Waals surface area (Å²) in [4.78, 5) is 46.1. The van der Waals surface area contributed by atoms with Gasteiger partial charge in [-0.3, -0.25) is 19.3 Å². The Balaban J connectivity index is 0.814. The molecule has 2 atom stereocenters. The number of likely N-dealkylation sites (tertiary alicyclic amines) is 1. The molecule has 2 bridgehead atoms. The third-order valence-electron chi connectivity index (χ3n) is 11.7. The minimum Gasteiger partial charge on any atom is -0.506 e. The number of benzene rings is 3. The number of phenolic OH excluding ortho intramolecular Hbond substituents is 1. The number of pyridine rings is 1. The molecule has 0 saturated carbocycles. The summed E-state index contributed by atoms with van der Waals surface area (Å²) in [5.74, 6) is 0.962. The number of aliphatic hydroxyl groups excluding tert-OH is 1. The Kier molecular flexibility index (Phi) is 12.0. The number of aliphatic hydroxyl groups is 1. The summed E-state index contributed by atoms with van der Waals surface area (Å²) < 4.78 is 12.3. The lowest BCUT2D eigenvalue weighted by Gasteiger charge is -2.46. The number of phenols is 1. The molecule has 11 nitrogen and oxygen atoms in total. The molecule has 4 fully saturated rings. The monoisotopic (exact) mass is 736 g/mol. The summed E-state index contributed by atoms with van der Waals surface area (Å²) in [6.07, 6.45) is 6.29. The zero-order valence-corrected chi connectivity index (χ0v) is 30.9. The van der Waals surface area contributed by atoms with Gasteiger partial charge in [0.2, 0.25) is 5.56 Å². The lowest BCUT2D eigenvalue weighted by atomic mass is 9.72. The van der Waals surface area contributed by atoms with Crippen LogP contribution in [0.5, 0.6) is 11.5 Å². The van der Waals surface area contributed by atoms with Gasteiger partial charge in [-0.05, 0) is 112 Å². The Morgan fingerprint density at radius 1 is 0.889 bits per heavy atom. The maximum Gasteiger partial charge on any atom is 0.317 e. The van der Waals surface area contributed by atoms with E-state index in [0.717, 1.165) is 76.0 Å². The number of amides is 1. The number of piperidine rings is 4. The quantitative estimate of drug-likeness (QED) is 0.0944. The number of hydrogen-bond donors (Lipinski definition) is 4. The van der Waals surface area contributed by atoms with Gasteiger partial charge in [-0.1, -0.05) is 49.2 Å². The van der Waals surface area contributed by atoms with Crippen LogP contribution in [0.15, 0.2) is 83.7 Å². The molecule has 0 radical (unpaired) electrons. The predicted octanol–water partition coefficient (Wildman–Crippen LogP) is 5.31. The Morgan fingerprint density at radius 3 is 2.35 bits per heavy atom. The van der Waals surface area contributed by atoms with Crippen LogP contribution < -0.4 is 15.6 Å². The topological polar surface area (TPSA) is 144 Å². The molecule has 4 aliphatic rings. The molecule has 8 rings (SSSR count). The zero-order valence-electron chi connectivity index (χ0n) is 30.9. The van der Waals surface area contributed by atoms with Crippen LogP contribution in [0, 0.1) is 5.92 Å². The molecule has 5 heterocycles. The molecule has 1 amide bonds. The van der Waals surface area contributed by atoms with Crippen LogP contribution in [0.25, 0.3) is 10.9 Å². The standard InChI is InChI=1S/C43H52N4O7/c48-36-16-14-34(35-15-17-39(50)45-40(35)36)37(49)28-44-22-6-1-2-7-27-53-33-12-10-31(11-13-33)41(51)47-25-20-43(21-26-47,32-8-4-3-5-9-32)42(52)54-38-29-46-23-18-30(38)19-24-46/h3-5,8-17,30,37-38,44,48-49H,1-2,6-7,18-29H2,(H,45,50). The maximum absolute atomic E-state index is 14.0. The van der Waals surface area contributed by atoms with Crippen LogP contribution in [-0.4, -0.2) is 95.4 Å². The first kappa shape index (κ1) is 37.6. The Morgan fingerprint density at radius 2 is 1.63 bits per heavy atom. The predicted molar refractivity (Wildman–Crippen MR) is 207 cm³/mol. The fourth-order valence-electron chi connectivity index (χ4n) is 8.42. The van der Waals surface area contributed by atoms with Gasteiger partial charge in [0.05, 0.1) is 23.6 Å². The average Bonchev–Trinajstić information content (AvgIpc) is 3.21. The van der Waals surface area contributed by atoms with E-state index < -0.39 is 11.5 Å². The summed E-state index contributed by atoms with van der Waals surface area (Å²) in [5, 5.41) is 24.7. The van der Waals surface area contributed by atoms with Crippen molar-refractivity contribution >= 4 is 22.8 Å². The summed E-state index contributed by atoms with van der Waals surface area (Å²) >= 11 is 0. The third-order valence-corrected chi connectivity index (χ3v) is 11.7. The van der Waals surface area contributed by atoms with Crippen molar-refractivity contribution in [3.63, 3.8) is 0 Å². The van der Waals surface area contributed by atoms with Crippen molar-refractivity contribution in [1.29, 1.82) is 0 Å². The fraction of sp³-hybridized carbons (Fsp3) is 0.465. The number of hydrogen-bond acceptors (Lipinski definition) is 9. The molecule has 54 heavy (non-hydrogen) atoms. The third kappa shape index (κ3) is 8.48. The van der Waals surface area contributed by atoms with Crippen molar-refractivity contribution in [2.24, 2.45) is 5.92 Å². The van der Waals surface area contributed by atoms with Gasteiger partial charge in [0.1, 0.15) is 17.6 Å². The van der Waals surface area contributed by atoms with Crippen molar-refractivity contribution in [1.82, 2.24) is 20.1 Å². The van der Waals surface area contributed by atoms with Gasteiger partial charge < -0.3 is 34.9 Å². The summed E-state index contributed by atoms with van der Waals surface area (Å²) in [5.41, 5.74) is 1.49. The number of esters is 1. The minimum atomic E-state index is -0.775. The largest absolute Gasteiger partial charge is 0.506 e. The number of nitrogens with one attached hydrogen (secondary N) is 2. The first-order valence-corrected chi connectivity index (χ1v) is 19.6. The number of ether oxygens (including phenoxy) is 2. The molecule has 0 aliphatic carbocycles. The fourth-order valence-corrected chi connectivity index (χ4v) is 8.42. The van der Waals surface area contributed by atoms with Gasteiger partial charge in [0.25, 0.3) is 5.91 Å². The molecule has 4 aromatic rings. The van der Waals surface area contributed by atoms with Crippen LogP contribution in [0.2, 0.25) is 0 Å². The molecule has 286 valence electrons. The molecule has 0 spiro atoms. The smallest absolute Gasteiger partial charge is 0.317 e. The van der Waals surface area contributed by atoms with Gasteiger partial charge in [0, 0.05) is 43.2 Å². The number of H-pyrrole nitrogens is 1. The summed E-state index contributed by atoms with van der Waals surface area (Å²) in [6.45, 7) is 5.68. The molecule has 3 aromatic carbocycles. The highest BCUT2D eigenvalue weighted by Crippen LogP contribution is 2.39. The molecule has 1 aromatic heterocycles. The van der Waals surface area contributed by atoms with Crippen LogP contribution in [0.3, 0.4) is 0 Å². The van der Waals surface area contributed by atoms with E-state index in [1.807, 2.05) is 59.5 Å². The SMILES string of the molecule is O=C(c1ccc(OCCCCCCNCC(O)c2ccc(O)c3[nH]c(=O)ccc23)cc1)N1CCC(C(=O)OC2CN3CCC2CC3)(c2ccccc2)CC1. The number of aromatic hydroxyl groups is 1. The van der Waals surface area contributed by atoms with E-state index in [4.69, 9.17) is 9.47 Å². The molecule has 11 heteroatoms. The number of fused-ring (bicyclic) bond motifs is 4. The first-order valence-electron chi connectivity index (χ1n) is 19.6. The molecule has 4 saturated heterocycles. The van der Waals surface area contributed by atoms with Crippen molar-refractivity contribution in [2.75, 3.05) is 52.4 Å². The van der Waals surface area contributed by atoms with Gasteiger partial charge >= 0.3 is 5.97 Å². The molecule has 4 aliphatic heterocycles. The highest BCUT2D eigenvalue weighted by molar-refractivity contribution is 5.95. The van der Waals surface area contributed by atoms with Crippen molar-refractivity contribution < 1.29 is 29.3 Å².